The second-order valence-electron chi connectivity index (χ2n) is 8.24. The largest absolute Gasteiger partial charge is 0.251 e. The predicted molar refractivity (Wildman–Crippen MR) is 85.7 cm³/mol. The van der Waals surface area contributed by atoms with Crippen LogP contribution < -0.4 is 0 Å². The van der Waals surface area contributed by atoms with Gasteiger partial charge in [0.25, 0.3) is 0 Å². The highest BCUT2D eigenvalue weighted by Crippen LogP contribution is 2.62. The highest BCUT2D eigenvalue weighted by atomic mass is 19.1. The molecule has 0 N–H and O–H groups in total. The van der Waals surface area contributed by atoms with Crippen molar-refractivity contribution in [3.8, 4) is 0 Å². The van der Waals surface area contributed by atoms with Crippen molar-refractivity contribution < 1.29 is 4.39 Å². The maximum Gasteiger partial charge on any atom is 0.0897 e. The molecule has 0 heterocycles. The SMILES string of the molecule is C[C@]12CC[C@H]3[C@@H](C=CC4=CCCC[C@@H]43)[C@@H]1CC[C@@H]2CCF. The average molecular weight is 288 g/mol. The van der Waals surface area contributed by atoms with E-state index in [1.807, 2.05) is 0 Å². The first-order valence-electron chi connectivity index (χ1n) is 9.18. The summed E-state index contributed by atoms with van der Waals surface area (Å²) in [5.41, 5.74) is 2.07. The van der Waals surface area contributed by atoms with Gasteiger partial charge in [-0.05, 0) is 91.9 Å². The van der Waals surface area contributed by atoms with Crippen LogP contribution in [0.2, 0.25) is 0 Å². The van der Waals surface area contributed by atoms with Gasteiger partial charge in [-0.1, -0.05) is 25.2 Å². The van der Waals surface area contributed by atoms with Crippen molar-refractivity contribution in [3.05, 3.63) is 23.8 Å². The fraction of sp³-hybridized carbons (Fsp3) is 0.800. The fourth-order valence-electron chi connectivity index (χ4n) is 6.48. The lowest BCUT2D eigenvalue weighted by atomic mass is 9.53. The van der Waals surface area contributed by atoms with Gasteiger partial charge in [0.05, 0.1) is 6.67 Å². The first-order chi connectivity index (χ1) is 10.2. The first kappa shape index (κ1) is 14.0. The minimum Gasteiger partial charge on any atom is -0.251 e. The number of hydrogen-bond donors (Lipinski definition) is 0. The van der Waals surface area contributed by atoms with E-state index in [4.69, 9.17) is 0 Å². The predicted octanol–water partition coefficient (Wildman–Crippen LogP) is 5.70. The third-order valence-electron chi connectivity index (χ3n) is 7.59. The molecule has 0 nitrogen and oxygen atoms in total. The topological polar surface area (TPSA) is 0 Å². The first-order valence-corrected chi connectivity index (χ1v) is 9.18. The molecule has 4 aliphatic rings. The van der Waals surface area contributed by atoms with Gasteiger partial charge >= 0.3 is 0 Å². The number of allylic oxidation sites excluding steroid dienone is 4. The van der Waals surface area contributed by atoms with Gasteiger partial charge < -0.3 is 0 Å². The minimum atomic E-state index is -0.119. The molecule has 4 rings (SSSR count). The number of hydrogen-bond acceptors (Lipinski definition) is 0. The number of rotatable bonds is 2. The van der Waals surface area contributed by atoms with Gasteiger partial charge in [0.1, 0.15) is 0 Å². The van der Waals surface area contributed by atoms with Gasteiger partial charge in [-0.25, -0.2) is 0 Å². The Morgan fingerprint density at radius 2 is 2.14 bits per heavy atom. The molecule has 1 heteroatoms. The Balaban J connectivity index is 1.63. The second kappa shape index (κ2) is 5.25. The molecule has 0 aliphatic heterocycles. The number of fused-ring (bicyclic) bond motifs is 5. The van der Waals surface area contributed by atoms with Crippen molar-refractivity contribution in [2.45, 2.75) is 58.3 Å². The summed E-state index contributed by atoms with van der Waals surface area (Å²) in [6.07, 6.45) is 17.7. The molecule has 0 amide bonds. The van der Waals surface area contributed by atoms with Crippen LogP contribution in [0.4, 0.5) is 4.39 Å². The number of alkyl halides is 1. The second-order valence-corrected chi connectivity index (χ2v) is 8.24. The molecule has 6 atom stereocenters. The van der Waals surface area contributed by atoms with Crippen LogP contribution in [0.3, 0.4) is 0 Å². The zero-order chi connectivity index (χ0) is 14.4. The van der Waals surface area contributed by atoms with Crippen LogP contribution in [0.5, 0.6) is 0 Å². The quantitative estimate of drug-likeness (QED) is 0.611. The monoisotopic (exact) mass is 288 g/mol. The van der Waals surface area contributed by atoms with Crippen LogP contribution in [0.15, 0.2) is 23.8 Å². The van der Waals surface area contributed by atoms with Gasteiger partial charge in [-0.3, -0.25) is 4.39 Å². The molecule has 0 unspecified atom stereocenters. The van der Waals surface area contributed by atoms with Crippen LogP contribution in [0.25, 0.3) is 0 Å². The zero-order valence-corrected chi connectivity index (χ0v) is 13.4. The highest BCUT2D eigenvalue weighted by Gasteiger charge is 2.54. The van der Waals surface area contributed by atoms with Crippen LogP contribution >= 0.6 is 0 Å². The molecule has 0 spiro atoms. The van der Waals surface area contributed by atoms with E-state index in [0.717, 1.165) is 30.1 Å². The third-order valence-corrected chi connectivity index (χ3v) is 7.59. The lowest BCUT2D eigenvalue weighted by molar-refractivity contribution is 0.00902. The molecule has 0 aromatic carbocycles. The molecular weight excluding hydrogens is 259 g/mol. The standard InChI is InChI=1S/C20H29F/c1-20-12-10-17-16-5-3-2-4-14(16)6-8-18(17)19(20)9-7-15(20)11-13-21/h4,6,8,15-19H,2-3,5,7,9-13H2,1H3/t15-,16+,17-,18-,19+,20-/m1/s1. The molecular formula is C20H29F. The van der Waals surface area contributed by atoms with Crippen LogP contribution in [0.1, 0.15) is 58.3 Å². The highest BCUT2D eigenvalue weighted by molar-refractivity contribution is 5.30. The summed E-state index contributed by atoms with van der Waals surface area (Å²) < 4.78 is 12.9. The summed E-state index contributed by atoms with van der Waals surface area (Å²) in [4.78, 5) is 0. The normalized spacial score (nSPS) is 48.3. The smallest absolute Gasteiger partial charge is 0.0897 e. The minimum absolute atomic E-state index is 0.119. The third kappa shape index (κ3) is 2.06. The van der Waals surface area contributed by atoms with Crippen molar-refractivity contribution in [1.82, 2.24) is 0 Å². The average Bonchev–Trinajstić information content (AvgIpc) is 2.84. The summed E-state index contributed by atoms with van der Waals surface area (Å²) >= 11 is 0. The van der Waals surface area contributed by atoms with Crippen molar-refractivity contribution in [2.24, 2.45) is 35.0 Å². The molecule has 0 aromatic heterocycles. The van der Waals surface area contributed by atoms with Crippen molar-refractivity contribution >= 4 is 0 Å². The molecule has 0 saturated heterocycles. The van der Waals surface area contributed by atoms with E-state index < -0.39 is 0 Å². The molecule has 0 radical (unpaired) electrons. The van der Waals surface area contributed by atoms with Crippen molar-refractivity contribution in [1.29, 1.82) is 0 Å². The molecule has 2 fully saturated rings. The maximum atomic E-state index is 12.9. The van der Waals surface area contributed by atoms with Crippen LogP contribution in [0, 0.1) is 35.0 Å². The summed E-state index contributed by atoms with van der Waals surface area (Å²) in [5.74, 6) is 3.99. The van der Waals surface area contributed by atoms with E-state index in [1.54, 1.807) is 5.57 Å². The van der Waals surface area contributed by atoms with E-state index in [0.29, 0.717) is 11.3 Å². The summed E-state index contributed by atoms with van der Waals surface area (Å²) in [6, 6.07) is 0. The summed E-state index contributed by atoms with van der Waals surface area (Å²) in [6.45, 7) is 2.37. The molecule has 21 heavy (non-hydrogen) atoms. The van der Waals surface area contributed by atoms with Gasteiger partial charge in [-0.15, -0.1) is 0 Å². The van der Waals surface area contributed by atoms with Gasteiger partial charge in [0.2, 0.25) is 0 Å². The maximum absolute atomic E-state index is 12.9. The Morgan fingerprint density at radius 3 is 3.00 bits per heavy atom. The summed E-state index contributed by atoms with van der Waals surface area (Å²) in [7, 11) is 0. The number of halogens is 1. The van der Waals surface area contributed by atoms with Crippen molar-refractivity contribution in [2.75, 3.05) is 6.67 Å². The molecule has 0 aromatic rings. The zero-order valence-electron chi connectivity index (χ0n) is 13.4. The van der Waals surface area contributed by atoms with Gasteiger partial charge in [0, 0.05) is 0 Å². The molecule has 2 saturated carbocycles. The molecule has 116 valence electrons. The van der Waals surface area contributed by atoms with E-state index in [2.05, 4.69) is 25.2 Å². The Bertz CT molecular complexity index is 462. The summed E-state index contributed by atoms with van der Waals surface area (Å²) in [5, 5.41) is 0. The molecule has 4 aliphatic carbocycles. The Labute approximate surface area is 128 Å². The Kier molecular flexibility index (Phi) is 3.51. The van der Waals surface area contributed by atoms with E-state index in [9.17, 15) is 4.39 Å². The van der Waals surface area contributed by atoms with Gasteiger partial charge in [0.15, 0.2) is 0 Å². The van der Waals surface area contributed by atoms with Crippen molar-refractivity contribution in [3.63, 3.8) is 0 Å². The van der Waals surface area contributed by atoms with Crippen LogP contribution in [-0.2, 0) is 0 Å². The molecule has 0 bridgehead atoms. The van der Waals surface area contributed by atoms with E-state index in [1.165, 1.54) is 44.9 Å². The lowest BCUT2D eigenvalue weighted by Crippen LogP contribution is -2.44. The van der Waals surface area contributed by atoms with Crippen LogP contribution in [-0.4, -0.2) is 6.67 Å². The van der Waals surface area contributed by atoms with Gasteiger partial charge in [-0.2, -0.15) is 0 Å². The Morgan fingerprint density at radius 1 is 1.24 bits per heavy atom. The van der Waals surface area contributed by atoms with E-state index in [-0.39, 0.29) is 6.67 Å². The fourth-order valence-corrected chi connectivity index (χ4v) is 6.48. The Hall–Kier alpha value is -0.590. The lowest BCUT2D eigenvalue weighted by Gasteiger charge is -2.52. The van der Waals surface area contributed by atoms with E-state index >= 15 is 0 Å².